The lowest BCUT2D eigenvalue weighted by Gasteiger charge is -2.38. The van der Waals surface area contributed by atoms with Crippen molar-refractivity contribution in [2.45, 2.75) is 43.5 Å². The van der Waals surface area contributed by atoms with Crippen LogP contribution in [0.5, 0.6) is 0 Å². The predicted molar refractivity (Wildman–Crippen MR) is 103 cm³/mol. The lowest BCUT2D eigenvalue weighted by Crippen LogP contribution is -2.48. The van der Waals surface area contributed by atoms with Crippen LogP contribution in [0.1, 0.15) is 44.2 Å². The lowest BCUT2D eigenvalue weighted by atomic mass is 9.67. The Kier molecular flexibility index (Phi) is 6.42. The third-order valence-electron chi connectivity index (χ3n) is 5.77. The van der Waals surface area contributed by atoms with Crippen LogP contribution < -0.4 is 10.6 Å². The maximum atomic E-state index is 13.1. The molecule has 2 N–H and O–H groups in total. The summed E-state index contributed by atoms with van der Waals surface area (Å²) in [6, 6.07) is 8.57. The molecule has 1 aliphatic carbocycles. The molecule has 2 aliphatic rings. The molecule has 0 bridgehead atoms. The number of thioether (sulfide) groups is 1. The molecule has 4 nitrogen and oxygen atoms in total. The number of hydrogen-bond acceptors (Lipinski definition) is 4. The third-order valence-corrected chi connectivity index (χ3v) is 6.75. The molecule has 25 heavy (non-hydrogen) atoms. The highest BCUT2D eigenvalue weighted by Crippen LogP contribution is 2.44. The van der Waals surface area contributed by atoms with E-state index < -0.39 is 0 Å². The van der Waals surface area contributed by atoms with Gasteiger partial charge in [0.1, 0.15) is 0 Å². The van der Waals surface area contributed by atoms with Crippen LogP contribution in [-0.4, -0.2) is 38.5 Å². The molecule has 1 aromatic rings. The van der Waals surface area contributed by atoms with E-state index in [-0.39, 0.29) is 17.4 Å². The fourth-order valence-electron chi connectivity index (χ4n) is 4.21. The maximum Gasteiger partial charge on any atom is 0.228 e. The smallest absolute Gasteiger partial charge is 0.228 e. The van der Waals surface area contributed by atoms with E-state index in [1.54, 1.807) is 18.9 Å². The van der Waals surface area contributed by atoms with Gasteiger partial charge in [-0.05, 0) is 49.9 Å². The Morgan fingerprint density at radius 3 is 2.96 bits per heavy atom. The second kappa shape index (κ2) is 8.56. The molecule has 3 atom stereocenters. The van der Waals surface area contributed by atoms with E-state index in [1.165, 1.54) is 29.7 Å². The summed E-state index contributed by atoms with van der Waals surface area (Å²) in [7, 11) is 1.73. The van der Waals surface area contributed by atoms with Gasteiger partial charge in [-0.1, -0.05) is 25.0 Å². The number of methoxy groups -OCH3 is 1. The summed E-state index contributed by atoms with van der Waals surface area (Å²) in [5.41, 5.74) is 0.988. The summed E-state index contributed by atoms with van der Waals surface area (Å²) in [5, 5.41) is 6.75. The van der Waals surface area contributed by atoms with Crippen LogP contribution in [0, 0.1) is 11.3 Å². The van der Waals surface area contributed by atoms with E-state index in [9.17, 15) is 4.79 Å². The Hall–Kier alpha value is -1.04. The van der Waals surface area contributed by atoms with E-state index in [0.29, 0.717) is 5.92 Å². The number of benzene rings is 1. The molecule has 3 rings (SSSR count). The molecule has 1 amide bonds. The molecule has 5 heteroatoms. The van der Waals surface area contributed by atoms with Gasteiger partial charge in [-0.25, -0.2) is 0 Å². The van der Waals surface area contributed by atoms with Crippen molar-refractivity contribution in [3.63, 3.8) is 0 Å². The Morgan fingerprint density at radius 1 is 1.40 bits per heavy atom. The minimum Gasteiger partial charge on any atom is -0.384 e. The van der Waals surface area contributed by atoms with Crippen LogP contribution in [0.4, 0.5) is 0 Å². The molecule has 0 radical (unpaired) electrons. The molecule has 1 aliphatic heterocycles. The highest BCUT2D eigenvalue weighted by Gasteiger charge is 2.49. The Morgan fingerprint density at radius 2 is 2.20 bits per heavy atom. The Bertz CT molecular complexity index is 578. The molecular weight excluding hydrogens is 332 g/mol. The van der Waals surface area contributed by atoms with E-state index >= 15 is 0 Å². The summed E-state index contributed by atoms with van der Waals surface area (Å²) in [6.07, 6.45) is 4.65. The number of carbonyl (C=O) groups excluding carboxylic acids is 1. The molecule has 0 spiro atoms. The zero-order valence-corrected chi connectivity index (χ0v) is 16.2. The molecule has 138 valence electrons. The van der Waals surface area contributed by atoms with Gasteiger partial charge in [-0.15, -0.1) is 11.8 Å². The number of hydrogen-bond donors (Lipinski definition) is 2. The van der Waals surface area contributed by atoms with Gasteiger partial charge in [0.15, 0.2) is 0 Å². The summed E-state index contributed by atoms with van der Waals surface area (Å²) >= 11 is 1.79. The third kappa shape index (κ3) is 4.21. The van der Waals surface area contributed by atoms with Crippen LogP contribution in [0.2, 0.25) is 0 Å². The first-order chi connectivity index (χ1) is 12.2. The monoisotopic (exact) mass is 362 g/mol. The minimum atomic E-state index is -0.178. The highest BCUT2D eigenvalue weighted by molar-refractivity contribution is 7.99. The fraction of sp³-hybridized carbons (Fsp3) is 0.650. The van der Waals surface area contributed by atoms with Gasteiger partial charge in [-0.3, -0.25) is 4.79 Å². The largest absolute Gasteiger partial charge is 0.384 e. The average molecular weight is 363 g/mol. The summed E-state index contributed by atoms with van der Waals surface area (Å²) in [4.78, 5) is 14.3. The second-order valence-electron chi connectivity index (χ2n) is 7.34. The van der Waals surface area contributed by atoms with Gasteiger partial charge in [-0.2, -0.15) is 0 Å². The van der Waals surface area contributed by atoms with Crippen molar-refractivity contribution < 1.29 is 9.53 Å². The van der Waals surface area contributed by atoms with Gasteiger partial charge in [0.25, 0.3) is 0 Å². The van der Waals surface area contributed by atoms with Crippen LogP contribution in [0.3, 0.4) is 0 Å². The first-order valence-corrected chi connectivity index (χ1v) is 10.4. The van der Waals surface area contributed by atoms with E-state index in [1.807, 2.05) is 0 Å². The van der Waals surface area contributed by atoms with E-state index in [0.717, 1.165) is 31.9 Å². The van der Waals surface area contributed by atoms with Crippen molar-refractivity contribution in [2.24, 2.45) is 11.3 Å². The van der Waals surface area contributed by atoms with Crippen molar-refractivity contribution in [1.82, 2.24) is 10.6 Å². The van der Waals surface area contributed by atoms with Gasteiger partial charge < -0.3 is 15.4 Å². The summed E-state index contributed by atoms with van der Waals surface area (Å²) in [6.45, 7) is 4.68. The molecule has 1 aromatic carbocycles. The molecule has 2 fully saturated rings. The maximum absolute atomic E-state index is 13.1. The SMILES string of the molecule is COCCSc1ccc(C(C)NC(=O)[C@@]23CCCC[C@H]2CNC3)cc1. The molecule has 1 saturated heterocycles. The number of rotatable bonds is 7. The van der Waals surface area contributed by atoms with Crippen molar-refractivity contribution in [2.75, 3.05) is 32.6 Å². The Balaban J connectivity index is 1.59. The van der Waals surface area contributed by atoms with Crippen LogP contribution in [0.15, 0.2) is 29.2 Å². The van der Waals surface area contributed by atoms with Gasteiger partial charge in [0.05, 0.1) is 18.1 Å². The second-order valence-corrected chi connectivity index (χ2v) is 8.50. The molecule has 1 saturated carbocycles. The molecule has 1 heterocycles. The van der Waals surface area contributed by atoms with Crippen molar-refractivity contribution in [3.05, 3.63) is 29.8 Å². The predicted octanol–water partition coefficient (Wildman–Crippen LogP) is 3.38. The number of nitrogens with one attached hydrogen (secondary N) is 2. The van der Waals surface area contributed by atoms with E-state index in [4.69, 9.17) is 4.74 Å². The number of carbonyl (C=O) groups is 1. The zero-order chi connectivity index (χ0) is 17.7. The lowest BCUT2D eigenvalue weighted by molar-refractivity contribution is -0.134. The highest BCUT2D eigenvalue weighted by atomic mass is 32.2. The fourth-order valence-corrected chi connectivity index (χ4v) is 5.02. The molecule has 1 unspecified atom stereocenters. The number of ether oxygens (including phenoxy) is 1. The van der Waals surface area contributed by atoms with Crippen LogP contribution in [-0.2, 0) is 9.53 Å². The molecular formula is C20H30N2O2S. The number of amides is 1. The first kappa shape index (κ1) is 18.7. The average Bonchev–Trinajstić information content (AvgIpc) is 3.08. The quantitative estimate of drug-likeness (QED) is 0.577. The van der Waals surface area contributed by atoms with Crippen molar-refractivity contribution in [3.8, 4) is 0 Å². The van der Waals surface area contributed by atoms with Crippen molar-refractivity contribution in [1.29, 1.82) is 0 Å². The van der Waals surface area contributed by atoms with Gasteiger partial charge >= 0.3 is 0 Å². The van der Waals surface area contributed by atoms with Gasteiger partial charge in [0.2, 0.25) is 5.91 Å². The van der Waals surface area contributed by atoms with Crippen LogP contribution >= 0.6 is 11.8 Å². The van der Waals surface area contributed by atoms with Gasteiger partial charge in [0, 0.05) is 24.3 Å². The zero-order valence-electron chi connectivity index (χ0n) is 15.3. The van der Waals surface area contributed by atoms with Crippen molar-refractivity contribution >= 4 is 17.7 Å². The first-order valence-electron chi connectivity index (χ1n) is 9.39. The van der Waals surface area contributed by atoms with E-state index in [2.05, 4.69) is 41.8 Å². The topological polar surface area (TPSA) is 50.4 Å². The summed E-state index contributed by atoms with van der Waals surface area (Å²) < 4.78 is 5.09. The molecule has 0 aromatic heterocycles. The van der Waals surface area contributed by atoms with Crippen LogP contribution in [0.25, 0.3) is 0 Å². The Labute approximate surface area is 155 Å². The normalized spacial score (nSPS) is 26.9. The number of fused-ring (bicyclic) bond motifs is 1. The minimum absolute atomic E-state index is 0.0445. The summed E-state index contributed by atoms with van der Waals surface area (Å²) in [5.74, 6) is 1.71. The standard InChI is InChI=1S/C20H30N2O2S/c1-15(16-6-8-18(9-7-16)25-12-11-24-2)22-19(23)20-10-4-3-5-17(20)13-21-14-20/h6-9,15,17,21H,3-5,10-14H2,1-2H3,(H,22,23)/t15?,17-,20+/m0/s1.